The lowest BCUT2D eigenvalue weighted by Gasteiger charge is -2.08. The van der Waals surface area contributed by atoms with E-state index in [0.717, 1.165) is 19.4 Å². The van der Waals surface area contributed by atoms with Crippen molar-refractivity contribution in [2.24, 2.45) is 5.92 Å². The molecule has 1 aromatic heterocycles. The van der Waals surface area contributed by atoms with Crippen molar-refractivity contribution in [2.75, 3.05) is 14.2 Å². The molecule has 6 heteroatoms. The van der Waals surface area contributed by atoms with Crippen molar-refractivity contribution in [3.63, 3.8) is 0 Å². The standard InChI is InChI=1S/C12H21N3O3/c1-9(2)6-5-7-15-10(8-17-3)11(13-14-15)12(16)18-4/h9H,5-8H2,1-4H3. The molecule has 0 fully saturated rings. The molecule has 0 spiro atoms. The highest BCUT2D eigenvalue weighted by atomic mass is 16.5. The molecule has 0 aromatic carbocycles. The zero-order chi connectivity index (χ0) is 13.5. The van der Waals surface area contributed by atoms with Crippen molar-refractivity contribution in [1.82, 2.24) is 15.0 Å². The molecule has 1 heterocycles. The van der Waals surface area contributed by atoms with Crippen LogP contribution in [0.5, 0.6) is 0 Å². The Morgan fingerprint density at radius 3 is 2.67 bits per heavy atom. The molecule has 0 radical (unpaired) electrons. The first-order chi connectivity index (χ1) is 8.60. The number of nitrogens with zero attached hydrogens (tertiary/aromatic N) is 3. The van der Waals surface area contributed by atoms with Gasteiger partial charge in [-0.25, -0.2) is 9.48 Å². The first kappa shape index (κ1) is 14.6. The fourth-order valence-corrected chi connectivity index (χ4v) is 1.70. The summed E-state index contributed by atoms with van der Waals surface area (Å²) in [6.07, 6.45) is 2.11. The minimum Gasteiger partial charge on any atom is -0.464 e. The molecule has 6 nitrogen and oxygen atoms in total. The second-order valence-electron chi connectivity index (χ2n) is 4.57. The van der Waals surface area contributed by atoms with Gasteiger partial charge in [0.1, 0.15) is 0 Å². The first-order valence-corrected chi connectivity index (χ1v) is 6.09. The average molecular weight is 255 g/mol. The van der Waals surface area contributed by atoms with E-state index in [0.29, 0.717) is 18.2 Å². The van der Waals surface area contributed by atoms with Gasteiger partial charge in [-0.3, -0.25) is 0 Å². The summed E-state index contributed by atoms with van der Waals surface area (Å²) in [5.41, 5.74) is 0.914. The molecule has 0 amide bonds. The van der Waals surface area contributed by atoms with Gasteiger partial charge in [0.15, 0.2) is 5.69 Å². The Labute approximate surface area is 107 Å². The summed E-state index contributed by atoms with van der Waals surface area (Å²) >= 11 is 0. The SMILES string of the molecule is COCc1c(C(=O)OC)nnn1CCCC(C)C. The molecule has 0 saturated heterocycles. The van der Waals surface area contributed by atoms with E-state index in [9.17, 15) is 4.79 Å². The number of aromatic nitrogens is 3. The number of hydrogen-bond acceptors (Lipinski definition) is 5. The zero-order valence-electron chi connectivity index (χ0n) is 11.5. The van der Waals surface area contributed by atoms with Gasteiger partial charge in [0.05, 0.1) is 19.4 Å². The van der Waals surface area contributed by atoms with Crippen LogP contribution in [0.3, 0.4) is 0 Å². The smallest absolute Gasteiger partial charge is 0.360 e. The van der Waals surface area contributed by atoms with Crippen LogP contribution in [0, 0.1) is 5.92 Å². The quantitative estimate of drug-likeness (QED) is 0.693. The summed E-state index contributed by atoms with van der Waals surface area (Å²) in [4.78, 5) is 11.5. The van der Waals surface area contributed by atoms with Gasteiger partial charge < -0.3 is 9.47 Å². The fourth-order valence-electron chi connectivity index (χ4n) is 1.70. The molecule has 0 N–H and O–H groups in total. The van der Waals surface area contributed by atoms with E-state index in [2.05, 4.69) is 28.9 Å². The summed E-state index contributed by atoms with van der Waals surface area (Å²) < 4.78 is 11.5. The molecular weight excluding hydrogens is 234 g/mol. The summed E-state index contributed by atoms with van der Waals surface area (Å²) in [5, 5.41) is 7.85. The molecule has 102 valence electrons. The van der Waals surface area contributed by atoms with Crippen LogP contribution >= 0.6 is 0 Å². The van der Waals surface area contributed by atoms with Gasteiger partial charge in [-0.1, -0.05) is 19.1 Å². The average Bonchev–Trinajstić information content (AvgIpc) is 2.72. The Morgan fingerprint density at radius 1 is 1.39 bits per heavy atom. The lowest BCUT2D eigenvalue weighted by Crippen LogP contribution is -2.11. The van der Waals surface area contributed by atoms with Crippen molar-refractivity contribution in [3.05, 3.63) is 11.4 Å². The molecule has 0 aliphatic heterocycles. The summed E-state index contributed by atoms with van der Waals surface area (Å²) in [5.74, 6) is 0.177. The van der Waals surface area contributed by atoms with E-state index < -0.39 is 5.97 Å². The predicted octanol–water partition coefficient (Wildman–Crippen LogP) is 1.65. The number of ether oxygens (including phenoxy) is 2. The minimum atomic E-state index is -0.475. The predicted molar refractivity (Wildman–Crippen MR) is 66.1 cm³/mol. The van der Waals surface area contributed by atoms with E-state index in [1.165, 1.54) is 7.11 Å². The second kappa shape index (κ2) is 7.10. The Balaban J connectivity index is 2.77. The molecule has 18 heavy (non-hydrogen) atoms. The maximum absolute atomic E-state index is 11.5. The van der Waals surface area contributed by atoms with Gasteiger partial charge >= 0.3 is 5.97 Å². The van der Waals surface area contributed by atoms with E-state index in [1.807, 2.05) is 0 Å². The maximum atomic E-state index is 11.5. The maximum Gasteiger partial charge on any atom is 0.360 e. The van der Waals surface area contributed by atoms with Gasteiger partial charge in [0.2, 0.25) is 0 Å². The van der Waals surface area contributed by atoms with E-state index in [-0.39, 0.29) is 5.69 Å². The van der Waals surface area contributed by atoms with E-state index in [1.54, 1.807) is 11.8 Å². The highest BCUT2D eigenvalue weighted by Gasteiger charge is 2.19. The summed E-state index contributed by atoms with van der Waals surface area (Å²) in [6, 6.07) is 0. The molecule has 0 saturated carbocycles. The van der Waals surface area contributed by atoms with Gasteiger partial charge in [-0.2, -0.15) is 0 Å². The Bertz CT molecular complexity index is 388. The van der Waals surface area contributed by atoms with Crippen LogP contribution in [0.4, 0.5) is 0 Å². The lowest BCUT2D eigenvalue weighted by molar-refractivity contribution is 0.0588. The number of carbonyl (C=O) groups excluding carboxylic acids is 1. The monoisotopic (exact) mass is 255 g/mol. The number of carbonyl (C=O) groups is 1. The highest BCUT2D eigenvalue weighted by Crippen LogP contribution is 2.11. The molecule has 0 unspecified atom stereocenters. The molecule has 0 bridgehead atoms. The number of esters is 1. The minimum absolute atomic E-state index is 0.240. The lowest BCUT2D eigenvalue weighted by atomic mass is 10.1. The third-order valence-corrected chi connectivity index (χ3v) is 2.65. The number of hydrogen-bond donors (Lipinski definition) is 0. The van der Waals surface area contributed by atoms with Crippen molar-refractivity contribution < 1.29 is 14.3 Å². The van der Waals surface area contributed by atoms with E-state index in [4.69, 9.17) is 4.74 Å². The van der Waals surface area contributed by atoms with Crippen molar-refractivity contribution in [2.45, 2.75) is 39.8 Å². The molecule has 1 aromatic rings. The first-order valence-electron chi connectivity index (χ1n) is 6.09. The van der Waals surface area contributed by atoms with Crippen LogP contribution < -0.4 is 0 Å². The van der Waals surface area contributed by atoms with Crippen LogP contribution in [0.1, 0.15) is 42.9 Å². The number of rotatable bonds is 7. The molecule has 1 rings (SSSR count). The normalized spacial score (nSPS) is 10.9. The topological polar surface area (TPSA) is 66.2 Å². The highest BCUT2D eigenvalue weighted by molar-refractivity contribution is 5.88. The third-order valence-electron chi connectivity index (χ3n) is 2.65. The number of methoxy groups -OCH3 is 2. The largest absolute Gasteiger partial charge is 0.464 e. The molecule has 0 aliphatic carbocycles. The second-order valence-corrected chi connectivity index (χ2v) is 4.57. The summed E-state index contributed by atoms with van der Waals surface area (Å²) in [7, 11) is 2.91. The van der Waals surface area contributed by atoms with Crippen LogP contribution in [-0.2, 0) is 22.6 Å². The molecular formula is C12H21N3O3. The van der Waals surface area contributed by atoms with Crippen molar-refractivity contribution in [1.29, 1.82) is 0 Å². The van der Waals surface area contributed by atoms with Crippen LogP contribution in [0.25, 0.3) is 0 Å². The summed E-state index contributed by atoms with van der Waals surface area (Å²) in [6.45, 7) is 5.40. The van der Waals surface area contributed by atoms with Crippen LogP contribution in [-0.4, -0.2) is 35.2 Å². The van der Waals surface area contributed by atoms with E-state index >= 15 is 0 Å². The number of aryl methyl sites for hydroxylation is 1. The third kappa shape index (κ3) is 3.80. The van der Waals surface area contributed by atoms with Crippen molar-refractivity contribution in [3.8, 4) is 0 Å². The van der Waals surface area contributed by atoms with Gasteiger partial charge in [-0.05, 0) is 18.8 Å². The van der Waals surface area contributed by atoms with Gasteiger partial charge in [-0.15, -0.1) is 5.10 Å². The van der Waals surface area contributed by atoms with Gasteiger partial charge in [0.25, 0.3) is 0 Å². The Hall–Kier alpha value is -1.43. The fraction of sp³-hybridized carbons (Fsp3) is 0.750. The molecule has 0 aliphatic rings. The Morgan fingerprint density at radius 2 is 2.11 bits per heavy atom. The van der Waals surface area contributed by atoms with Gasteiger partial charge in [0, 0.05) is 13.7 Å². The van der Waals surface area contributed by atoms with Crippen LogP contribution in [0.15, 0.2) is 0 Å². The zero-order valence-corrected chi connectivity index (χ0v) is 11.5. The van der Waals surface area contributed by atoms with Crippen molar-refractivity contribution >= 4 is 5.97 Å². The Kier molecular flexibility index (Phi) is 5.77. The molecule has 0 atom stereocenters. The van der Waals surface area contributed by atoms with Crippen LogP contribution in [0.2, 0.25) is 0 Å².